The van der Waals surface area contributed by atoms with Crippen molar-refractivity contribution in [3.8, 4) is 0 Å². The van der Waals surface area contributed by atoms with Crippen LogP contribution in [0.4, 0.5) is 0 Å². The summed E-state index contributed by atoms with van der Waals surface area (Å²) in [7, 11) is 0. The van der Waals surface area contributed by atoms with Crippen molar-refractivity contribution in [2.45, 2.75) is 0 Å². The van der Waals surface area contributed by atoms with E-state index in [1.807, 2.05) is 0 Å². The molecule has 1 heterocycles. The maximum Gasteiger partial charge on any atom is 0.176 e. The molecular weight excluding hydrogens is 135 g/mol. The molecule has 4 heteroatoms. The van der Waals surface area contributed by atoms with Crippen LogP contribution in [0.25, 0.3) is 0 Å². The van der Waals surface area contributed by atoms with E-state index in [2.05, 4.69) is 16.3 Å². The van der Waals surface area contributed by atoms with Gasteiger partial charge >= 0.3 is 0 Å². The van der Waals surface area contributed by atoms with Crippen LogP contribution in [0.5, 0.6) is 0 Å². The maximum absolute atomic E-state index is 5.34. The molecule has 1 N–H and O–H groups in total. The van der Waals surface area contributed by atoms with E-state index in [0.29, 0.717) is 5.15 Å². The SMILES string of the molecule is Clc1n[c][nH]c1Cl. The van der Waals surface area contributed by atoms with Gasteiger partial charge in [0.25, 0.3) is 0 Å². The molecule has 0 amide bonds. The van der Waals surface area contributed by atoms with E-state index in [9.17, 15) is 0 Å². The van der Waals surface area contributed by atoms with Crippen molar-refractivity contribution in [2.75, 3.05) is 0 Å². The van der Waals surface area contributed by atoms with Crippen LogP contribution in [0.1, 0.15) is 0 Å². The standard InChI is InChI=1S/C3HCl2N2/c4-2-3(5)7-1-6-2/h(H,6,7). The molecule has 0 bridgehead atoms. The van der Waals surface area contributed by atoms with Gasteiger partial charge in [-0.2, -0.15) is 0 Å². The highest BCUT2D eigenvalue weighted by Crippen LogP contribution is 2.13. The van der Waals surface area contributed by atoms with Crippen molar-refractivity contribution in [2.24, 2.45) is 0 Å². The topological polar surface area (TPSA) is 28.7 Å². The summed E-state index contributed by atoms with van der Waals surface area (Å²) in [6, 6.07) is 0. The fraction of sp³-hybridized carbons (Fsp3) is 0. The molecule has 0 aliphatic rings. The van der Waals surface area contributed by atoms with Gasteiger partial charge in [0.15, 0.2) is 11.5 Å². The van der Waals surface area contributed by atoms with Gasteiger partial charge in [0.1, 0.15) is 5.15 Å². The molecule has 1 radical (unpaired) electrons. The summed E-state index contributed by atoms with van der Waals surface area (Å²) in [5, 5.41) is 0.600. The zero-order chi connectivity index (χ0) is 5.28. The Morgan fingerprint density at radius 1 is 1.57 bits per heavy atom. The highest BCUT2D eigenvalue weighted by Gasteiger charge is 1.94. The smallest absolute Gasteiger partial charge is 0.176 e. The summed E-state index contributed by atoms with van der Waals surface area (Å²) in [6.07, 6.45) is 2.36. The fourth-order valence-corrected chi connectivity index (χ4v) is 0.401. The Morgan fingerprint density at radius 2 is 2.29 bits per heavy atom. The van der Waals surface area contributed by atoms with Crippen molar-refractivity contribution in [1.29, 1.82) is 0 Å². The third kappa shape index (κ3) is 0.868. The van der Waals surface area contributed by atoms with Gasteiger partial charge in [-0.05, 0) is 0 Å². The lowest BCUT2D eigenvalue weighted by Gasteiger charge is -1.72. The van der Waals surface area contributed by atoms with Crippen molar-refractivity contribution in [3.63, 3.8) is 0 Å². The highest BCUT2D eigenvalue weighted by molar-refractivity contribution is 6.40. The summed E-state index contributed by atoms with van der Waals surface area (Å²) in [6.45, 7) is 0. The van der Waals surface area contributed by atoms with Crippen LogP contribution in [-0.2, 0) is 0 Å². The van der Waals surface area contributed by atoms with Gasteiger partial charge in [-0.15, -0.1) is 0 Å². The zero-order valence-corrected chi connectivity index (χ0v) is 4.72. The average Bonchev–Trinajstić information content (AvgIpc) is 1.91. The molecule has 0 aliphatic heterocycles. The van der Waals surface area contributed by atoms with E-state index in [1.54, 1.807) is 0 Å². The second kappa shape index (κ2) is 1.72. The van der Waals surface area contributed by atoms with Gasteiger partial charge in [0, 0.05) is 0 Å². The molecule has 0 aliphatic carbocycles. The van der Waals surface area contributed by atoms with E-state index in [4.69, 9.17) is 23.2 Å². The molecule has 0 saturated carbocycles. The van der Waals surface area contributed by atoms with Crippen LogP contribution in [0.3, 0.4) is 0 Å². The fourth-order valence-electron chi connectivity index (χ4n) is 0.227. The average molecular weight is 136 g/mol. The molecule has 37 valence electrons. The van der Waals surface area contributed by atoms with Gasteiger partial charge in [-0.25, -0.2) is 4.98 Å². The van der Waals surface area contributed by atoms with Crippen LogP contribution in [0, 0.1) is 6.33 Å². The Hall–Kier alpha value is -0.210. The minimum atomic E-state index is 0.265. The van der Waals surface area contributed by atoms with Crippen molar-refractivity contribution < 1.29 is 0 Å². The third-order valence-corrected chi connectivity index (χ3v) is 1.14. The normalized spacial score (nSPS) is 9.43. The lowest BCUT2D eigenvalue weighted by atomic mass is 10.9. The zero-order valence-electron chi connectivity index (χ0n) is 3.20. The van der Waals surface area contributed by atoms with Crippen LogP contribution in [0.15, 0.2) is 0 Å². The number of hydrogen-bond acceptors (Lipinski definition) is 1. The Balaban J connectivity index is 3.12. The summed E-state index contributed by atoms with van der Waals surface area (Å²) < 4.78 is 0. The van der Waals surface area contributed by atoms with Gasteiger partial charge in [0.2, 0.25) is 0 Å². The van der Waals surface area contributed by atoms with E-state index in [0.717, 1.165) is 0 Å². The number of H-pyrrole nitrogens is 1. The molecular formula is C3HCl2N2. The predicted molar refractivity (Wildman–Crippen MR) is 27.4 cm³/mol. The van der Waals surface area contributed by atoms with E-state index >= 15 is 0 Å². The van der Waals surface area contributed by atoms with Gasteiger partial charge in [-0.1, -0.05) is 23.2 Å². The number of imidazole rings is 1. The van der Waals surface area contributed by atoms with Crippen LogP contribution in [-0.4, -0.2) is 9.97 Å². The molecule has 2 nitrogen and oxygen atoms in total. The minimum Gasteiger partial charge on any atom is -0.325 e. The molecule has 0 aromatic carbocycles. The Morgan fingerprint density at radius 3 is 2.43 bits per heavy atom. The van der Waals surface area contributed by atoms with Crippen LogP contribution < -0.4 is 0 Å². The molecule has 1 aromatic rings. The molecule has 1 rings (SSSR count). The predicted octanol–water partition coefficient (Wildman–Crippen LogP) is 1.52. The van der Waals surface area contributed by atoms with Gasteiger partial charge in [-0.3, -0.25) is 0 Å². The molecule has 0 fully saturated rings. The van der Waals surface area contributed by atoms with Crippen LogP contribution >= 0.6 is 23.2 Å². The molecule has 0 unspecified atom stereocenters. The number of halogens is 2. The van der Waals surface area contributed by atoms with E-state index in [-0.39, 0.29) is 5.15 Å². The van der Waals surface area contributed by atoms with Crippen LogP contribution in [0.2, 0.25) is 10.3 Å². The Labute approximate surface area is 50.5 Å². The number of aromatic nitrogens is 2. The van der Waals surface area contributed by atoms with Crippen molar-refractivity contribution in [1.82, 2.24) is 9.97 Å². The van der Waals surface area contributed by atoms with Crippen molar-refractivity contribution in [3.05, 3.63) is 16.6 Å². The first-order valence-electron chi connectivity index (χ1n) is 1.58. The first kappa shape index (κ1) is 4.94. The first-order chi connectivity index (χ1) is 3.30. The summed E-state index contributed by atoms with van der Waals surface area (Å²) in [5.41, 5.74) is 0. The highest BCUT2D eigenvalue weighted by atomic mass is 35.5. The third-order valence-electron chi connectivity index (χ3n) is 0.501. The monoisotopic (exact) mass is 135 g/mol. The lowest BCUT2D eigenvalue weighted by molar-refractivity contribution is 1.29. The molecule has 1 aromatic heterocycles. The summed E-state index contributed by atoms with van der Waals surface area (Å²) >= 11 is 10.7. The quantitative estimate of drug-likeness (QED) is 0.575. The van der Waals surface area contributed by atoms with E-state index < -0.39 is 0 Å². The second-order valence-corrected chi connectivity index (χ2v) is 1.69. The molecule has 7 heavy (non-hydrogen) atoms. The van der Waals surface area contributed by atoms with E-state index in [1.165, 1.54) is 0 Å². The number of nitrogens with one attached hydrogen (secondary N) is 1. The maximum atomic E-state index is 5.34. The van der Waals surface area contributed by atoms with Gasteiger partial charge in [0.05, 0.1) is 0 Å². The molecule has 0 spiro atoms. The minimum absolute atomic E-state index is 0.265. The number of rotatable bonds is 0. The number of nitrogens with zero attached hydrogens (tertiary/aromatic N) is 1. The Kier molecular flexibility index (Phi) is 1.21. The van der Waals surface area contributed by atoms with Crippen molar-refractivity contribution >= 4 is 23.2 Å². The Bertz CT molecular complexity index is 143. The van der Waals surface area contributed by atoms with Gasteiger partial charge < -0.3 is 4.98 Å². The number of aromatic amines is 1. The second-order valence-electron chi connectivity index (χ2n) is 0.953. The largest absolute Gasteiger partial charge is 0.325 e. The molecule has 0 atom stereocenters. The molecule has 0 saturated heterocycles. The summed E-state index contributed by atoms with van der Waals surface area (Å²) in [5.74, 6) is 0. The first-order valence-corrected chi connectivity index (χ1v) is 2.33. The lowest BCUT2D eigenvalue weighted by Crippen LogP contribution is -1.56. The number of hydrogen-bond donors (Lipinski definition) is 1. The summed E-state index contributed by atoms with van der Waals surface area (Å²) in [4.78, 5) is 5.93.